The van der Waals surface area contributed by atoms with Crippen LogP contribution in [0.25, 0.3) is 0 Å². The van der Waals surface area contributed by atoms with E-state index in [4.69, 9.17) is 10.5 Å². The fraction of sp³-hybridized carbons (Fsp3) is 0.500. The molecular formula is C12H17N3O5S. The summed E-state index contributed by atoms with van der Waals surface area (Å²) in [5, 5.41) is 10.7. The third-order valence-corrected chi connectivity index (χ3v) is 4.83. The van der Waals surface area contributed by atoms with Crippen LogP contribution in [0.3, 0.4) is 0 Å². The summed E-state index contributed by atoms with van der Waals surface area (Å²) in [6.45, 7) is 1.68. The van der Waals surface area contributed by atoms with E-state index in [2.05, 4.69) is 4.72 Å². The molecule has 1 aliphatic rings. The lowest BCUT2D eigenvalue weighted by Crippen LogP contribution is -2.26. The van der Waals surface area contributed by atoms with Gasteiger partial charge in [-0.25, -0.2) is 13.1 Å². The van der Waals surface area contributed by atoms with Crippen molar-refractivity contribution in [1.29, 1.82) is 0 Å². The van der Waals surface area contributed by atoms with Gasteiger partial charge in [0.15, 0.2) is 0 Å². The summed E-state index contributed by atoms with van der Waals surface area (Å²) >= 11 is 0. The molecule has 0 radical (unpaired) electrons. The molecule has 1 aromatic rings. The molecule has 1 aliphatic heterocycles. The predicted octanol–water partition coefficient (Wildman–Crippen LogP) is 0.882. The summed E-state index contributed by atoms with van der Waals surface area (Å²) in [6.07, 6.45) is 1.63. The van der Waals surface area contributed by atoms with Crippen molar-refractivity contribution in [2.75, 3.05) is 25.5 Å². The molecule has 1 fully saturated rings. The molecule has 0 bridgehead atoms. The van der Waals surface area contributed by atoms with Gasteiger partial charge >= 0.3 is 0 Å². The molecule has 9 heteroatoms. The van der Waals surface area contributed by atoms with Crippen LogP contribution in [0, 0.1) is 16.0 Å². The third-order valence-electron chi connectivity index (χ3n) is 3.37. The normalized spacial score (nSPS) is 18.8. The van der Waals surface area contributed by atoms with Crippen LogP contribution >= 0.6 is 0 Å². The van der Waals surface area contributed by atoms with E-state index in [1.165, 1.54) is 6.07 Å². The van der Waals surface area contributed by atoms with Crippen molar-refractivity contribution >= 4 is 21.4 Å². The van der Waals surface area contributed by atoms with E-state index in [0.29, 0.717) is 25.5 Å². The lowest BCUT2D eigenvalue weighted by molar-refractivity contribution is -0.383. The smallest absolute Gasteiger partial charge is 0.292 e. The van der Waals surface area contributed by atoms with Crippen molar-refractivity contribution in [3.63, 3.8) is 0 Å². The standard InChI is InChI=1S/C12H17N3O5S/c13-11-7-10(1-2-12(11)15(16)17)21(18,19)14-5-3-9-4-6-20-8-9/h1-2,7,9,14H,3-6,8,13H2. The molecular weight excluding hydrogens is 298 g/mol. The number of nitro benzene ring substituents is 1. The van der Waals surface area contributed by atoms with Crippen molar-refractivity contribution in [2.24, 2.45) is 5.92 Å². The number of rotatable bonds is 6. The van der Waals surface area contributed by atoms with Crippen molar-refractivity contribution in [2.45, 2.75) is 17.7 Å². The molecule has 3 N–H and O–H groups in total. The van der Waals surface area contributed by atoms with Crippen LogP contribution in [0.2, 0.25) is 0 Å². The molecule has 1 unspecified atom stereocenters. The first-order valence-corrected chi connectivity index (χ1v) is 8.00. The highest BCUT2D eigenvalue weighted by Crippen LogP contribution is 2.24. The second-order valence-corrected chi connectivity index (χ2v) is 6.66. The van der Waals surface area contributed by atoms with E-state index in [0.717, 1.165) is 25.2 Å². The molecule has 0 saturated carbocycles. The van der Waals surface area contributed by atoms with Crippen LogP contribution in [0.5, 0.6) is 0 Å². The van der Waals surface area contributed by atoms with E-state index in [1.807, 2.05) is 0 Å². The Hall–Kier alpha value is -1.71. The van der Waals surface area contributed by atoms with Crippen LogP contribution in [-0.4, -0.2) is 33.1 Å². The van der Waals surface area contributed by atoms with Crippen LogP contribution < -0.4 is 10.5 Å². The number of nitro groups is 1. The largest absolute Gasteiger partial charge is 0.393 e. The number of benzene rings is 1. The Bertz CT molecular complexity index is 626. The Morgan fingerprint density at radius 2 is 2.24 bits per heavy atom. The van der Waals surface area contributed by atoms with Gasteiger partial charge in [0.25, 0.3) is 5.69 Å². The van der Waals surface area contributed by atoms with Crippen LogP contribution in [0.1, 0.15) is 12.8 Å². The molecule has 0 aromatic heterocycles. The van der Waals surface area contributed by atoms with Gasteiger partial charge in [-0.15, -0.1) is 0 Å². The van der Waals surface area contributed by atoms with Crippen LogP contribution in [-0.2, 0) is 14.8 Å². The summed E-state index contributed by atoms with van der Waals surface area (Å²) in [6, 6.07) is 3.36. The van der Waals surface area contributed by atoms with Gasteiger partial charge < -0.3 is 10.5 Å². The number of nitrogens with two attached hydrogens (primary N) is 1. The molecule has 1 saturated heterocycles. The lowest BCUT2D eigenvalue weighted by atomic mass is 10.1. The highest BCUT2D eigenvalue weighted by Gasteiger charge is 2.20. The van der Waals surface area contributed by atoms with E-state index in [1.54, 1.807) is 0 Å². The van der Waals surface area contributed by atoms with Crippen molar-refractivity contribution in [3.05, 3.63) is 28.3 Å². The highest BCUT2D eigenvalue weighted by atomic mass is 32.2. The van der Waals surface area contributed by atoms with Gasteiger partial charge in [-0.3, -0.25) is 10.1 Å². The molecule has 0 amide bonds. The Morgan fingerprint density at radius 3 is 2.81 bits per heavy atom. The minimum atomic E-state index is -3.71. The summed E-state index contributed by atoms with van der Waals surface area (Å²) in [5.74, 6) is 0.370. The zero-order chi connectivity index (χ0) is 15.5. The minimum Gasteiger partial charge on any atom is -0.393 e. The number of nitrogens with zero attached hydrogens (tertiary/aromatic N) is 1. The van der Waals surface area contributed by atoms with Gasteiger partial charge in [-0.1, -0.05) is 0 Å². The first kappa shape index (κ1) is 15.7. The molecule has 2 rings (SSSR count). The molecule has 21 heavy (non-hydrogen) atoms. The fourth-order valence-corrected chi connectivity index (χ4v) is 3.24. The Kier molecular flexibility index (Phi) is 4.76. The summed E-state index contributed by atoms with van der Waals surface area (Å²) in [5.41, 5.74) is 5.01. The summed E-state index contributed by atoms with van der Waals surface area (Å²) in [7, 11) is -3.71. The Morgan fingerprint density at radius 1 is 1.48 bits per heavy atom. The third kappa shape index (κ3) is 3.90. The van der Waals surface area contributed by atoms with E-state index in [-0.39, 0.29) is 16.3 Å². The SMILES string of the molecule is Nc1cc(S(=O)(=O)NCCC2CCOC2)ccc1[N+](=O)[O-]. The van der Waals surface area contributed by atoms with Crippen LogP contribution in [0.15, 0.2) is 23.1 Å². The van der Waals surface area contributed by atoms with Gasteiger partial charge in [0.1, 0.15) is 5.69 Å². The number of hydrogen-bond donors (Lipinski definition) is 2. The van der Waals surface area contributed by atoms with E-state index in [9.17, 15) is 18.5 Å². The van der Waals surface area contributed by atoms with Gasteiger partial charge in [-0.05, 0) is 30.9 Å². The van der Waals surface area contributed by atoms with Crippen molar-refractivity contribution in [3.8, 4) is 0 Å². The maximum atomic E-state index is 12.1. The van der Waals surface area contributed by atoms with E-state index < -0.39 is 14.9 Å². The zero-order valence-corrected chi connectivity index (χ0v) is 12.1. The maximum Gasteiger partial charge on any atom is 0.292 e. The molecule has 116 valence electrons. The summed E-state index contributed by atoms with van der Waals surface area (Å²) < 4.78 is 31.8. The zero-order valence-electron chi connectivity index (χ0n) is 11.3. The van der Waals surface area contributed by atoms with Crippen molar-refractivity contribution in [1.82, 2.24) is 4.72 Å². The summed E-state index contributed by atoms with van der Waals surface area (Å²) in [4.78, 5) is 9.92. The number of nitrogen functional groups attached to an aromatic ring is 1. The number of ether oxygens (including phenoxy) is 1. The average molecular weight is 315 g/mol. The van der Waals surface area contributed by atoms with Gasteiger partial charge in [0.05, 0.1) is 9.82 Å². The number of hydrogen-bond acceptors (Lipinski definition) is 6. The predicted molar refractivity (Wildman–Crippen MR) is 76.2 cm³/mol. The first-order chi connectivity index (χ1) is 9.90. The molecule has 8 nitrogen and oxygen atoms in total. The van der Waals surface area contributed by atoms with Crippen LogP contribution in [0.4, 0.5) is 11.4 Å². The second-order valence-electron chi connectivity index (χ2n) is 4.89. The maximum absolute atomic E-state index is 12.1. The molecule has 0 spiro atoms. The fourth-order valence-electron chi connectivity index (χ4n) is 2.16. The second kappa shape index (κ2) is 6.37. The molecule has 1 heterocycles. The highest BCUT2D eigenvalue weighted by molar-refractivity contribution is 7.89. The van der Waals surface area contributed by atoms with Gasteiger partial charge in [0.2, 0.25) is 10.0 Å². The average Bonchev–Trinajstić information content (AvgIpc) is 2.91. The van der Waals surface area contributed by atoms with Gasteiger partial charge in [-0.2, -0.15) is 0 Å². The lowest BCUT2D eigenvalue weighted by Gasteiger charge is -2.10. The first-order valence-electron chi connectivity index (χ1n) is 6.51. The molecule has 1 atom stereocenters. The number of nitrogens with one attached hydrogen (secondary N) is 1. The Labute approximate surface area is 122 Å². The Balaban J connectivity index is 2.01. The quantitative estimate of drug-likeness (QED) is 0.456. The number of anilines is 1. The molecule has 0 aliphatic carbocycles. The number of sulfonamides is 1. The monoisotopic (exact) mass is 315 g/mol. The molecule has 1 aromatic carbocycles. The van der Waals surface area contributed by atoms with E-state index >= 15 is 0 Å². The topological polar surface area (TPSA) is 125 Å². The minimum absolute atomic E-state index is 0.0757. The van der Waals surface area contributed by atoms with Gasteiger partial charge in [0, 0.05) is 25.8 Å². The van der Waals surface area contributed by atoms with Crippen molar-refractivity contribution < 1.29 is 18.1 Å².